The van der Waals surface area contributed by atoms with Gasteiger partial charge in [-0.05, 0) is 37.1 Å². The molecule has 0 N–H and O–H groups in total. The third-order valence-corrected chi connectivity index (χ3v) is 4.12. The minimum atomic E-state index is -3.47. The monoisotopic (exact) mass is 300 g/mol. The molecule has 0 bridgehead atoms. The Balaban J connectivity index is 2.40. The Morgan fingerprint density at radius 1 is 0.900 bits per heavy atom. The third-order valence-electron chi connectivity index (χ3n) is 2.77. The van der Waals surface area contributed by atoms with Crippen LogP contribution in [0.3, 0.4) is 0 Å². The highest BCUT2D eigenvalue weighted by Crippen LogP contribution is 2.19. The molecular weight excluding hydrogens is 276 g/mol. The van der Waals surface area contributed by atoms with E-state index in [-0.39, 0.29) is 5.75 Å². The van der Waals surface area contributed by atoms with E-state index in [1.165, 1.54) is 19.3 Å². The van der Waals surface area contributed by atoms with Crippen molar-refractivity contribution in [2.24, 2.45) is 0 Å². The van der Waals surface area contributed by atoms with Crippen LogP contribution in [0.15, 0.2) is 24.3 Å². The van der Waals surface area contributed by atoms with Crippen molar-refractivity contribution in [1.29, 1.82) is 0 Å². The molecule has 0 unspecified atom stereocenters. The van der Waals surface area contributed by atoms with Gasteiger partial charge in [0.05, 0.1) is 12.4 Å². The topological polar surface area (TPSA) is 52.6 Å². The predicted molar refractivity (Wildman–Crippen MR) is 80.8 cm³/mol. The highest BCUT2D eigenvalue weighted by molar-refractivity contribution is 7.87. The molecule has 0 atom stereocenters. The minimum absolute atomic E-state index is 0.0304. The molecule has 0 fully saturated rings. The number of hydrogen-bond acceptors (Lipinski definition) is 4. The van der Waals surface area contributed by atoms with Crippen molar-refractivity contribution in [1.82, 2.24) is 0 Å². The lowest BCUT2D eigenvalue weighted by molar-refractivity contribution is 0.305. The molecule has 0 saturated heterocycles. The molecule has 20 heavy (non-hydrogen) atoms. The summed E-state index contributed by atoms with van der Waals surface area (Å²) in [5, 5.41) is 0. The largest absolute Gasteiger partial charge is 0.494 e. The summed E-state index contributed by atoms with van der Waals surface area (Å²) < 4.78 is 33.6. The van der Waals surface area contributed by atoms with E-state index in [0.717, 1.165) is 12.2 Å². The van der Waals surface area contributed by atoms with Gasteiger partial charge in [0.1, 0.15) is 11.5 Å². The maximum absolute atomic E-state index is 11.5. The van der Waals surface area contributed by atoms with Gasteiger partial charge in [-0.15, -0.1) is 0 Å². The second kappa shape index (κ2) is 8.84. The smallest absolute Gasteiger partial charge is 0.309 e. The molecule has 0 radical (unpaired) electrons. The van der Waals surface area contributed by atoms with Crippen LogP contribution in [0.4, 0.5) is 0 Å². The maximum Gasteiger partial charge on any atom is 0.309 e. The van der Waals surface area contributed by atoms with Crippen molar-refractivity contribution in [3.63, 3.8) is 0 Å². The first-order valence-electron chi connectivity index (χ1n) is 7.22. The van der Waals surface area contributed by atoms with Crippen molar-refractivity contribution in [3.8, 4) is 11.5 Å². The zero-order valence-electron chi connectivity index (χ0n) is 12.3. The Morgan fingerprint density at radius 3 is 2.15 bits per heavy atom. The van der Waals surface area contributed by atoms with Crippen LogP contribution >= 0.6 is 0 Å². The number of ether oxygens (including phenoxy) is 1. The lowest BCUT2D eigenvalue weighted by Gasteiger charge is -2.08. The van der Waals surface area contributed by atoms with Gasteiger partial charge in [-0.2, -0.15) is 8.42 Å². The maximum atomic E-state index is 11.5. The summed E-state index contributed by atoms with van der Waals surface area (Å²) in [6.07, 6.45) is 5.19. The fraction of sp³-hybridized carbons (Fsp3) is 0.600. The van der Waals surface area contributed by atoms with Crippen molar-refractivity contribution in [3.05, 3.63) is 24.3 Å². The van der Waals surface area contributed by atoms with Gasteiger partial charge in [0.2, 0.25) is 0 Å². The Kier molecular flexibility index (Phi) is 7.44. The Morgan fingerprint density at radius 2 is 1.55 bits per heavy atom. The van der Waals surface area contributed by atoms with E-state index in [1.54, 1.807) is 31.2 Å². The lowest BCUT2D eigenvalue weighted by atomic mass is 10.2. The molecule has 0 amide bonds. The molecular formula is C15H24O4S. The van der Waals surface area contributed by atoms with E-state index >= 15 is 0 Å². The Bertz CT molecular complexity index is 465. The van der Waals surface area contributed by atoms with Crippen LogP contribution in [0.1, 0.15) is 46.0 Å². The summed E-state index contributed by atoms with van der Waals surface area (Å²) in [6.45, 7) is 4.66. The summed E-state index contributed by atoms with van der Waals surface area (Å²) in [5.74, 6) is 1.10. The van der Waals surface area contributed by atoms with Gasteiger partial charge < -0.3 is 8.92 Å². The molecule has 0 aromatic heterocycles. The number of benzene rings is 1. The van der Waals surface area contributed by atoms with Crippen molar-refractivity contribution in [2.75, 3.05) is 12.4 Å². The number of rotatable bonds is 10. The standard InChI is InChI=1S/C15H24O4S/c1-3-5-6-7-12-18-14-8-10-15(11-9-14)19-20(16,17)13-4-2/h8-11H,3-7,12-13H2,1-2H3. The first kappa shape index (κ1) is 16.8. The van der Waals surface area contributed by atoms with E-state index in [4.69, 9.17) is 8.92 Å². The summed E-state index contributed by atoms with van der Waals surface area (Å²) in [7, 11) is -3.47. The normalized spacial score (nSPS) is 11.3. The second-order valence-electron chi connectivity index (χ2n) is 4.73. The molecule has 0 aliphatic rings. The van der Waals surface area contributed by atoms with Crippen molar-refractivity contribution in [2.45, 2.75) is 46.0 Å². The van der Waals surface area contributed by atoms with Gasteiger partial charge >= 0.3 is 10.1 Å². The van der Waals surface area contributed by atoms with Gasteiger partial charge in [0, 0.05) is 0 Å². The van der Waals surface area contributed by atoms with Gasteiger partial charge in [0.25, 0.3) is 0 Å². The zero-order valence-corrected chi connectivity index (χ0v) is 13.1. The van der Waals surface area contributed by atoms with E-state index in [2.05, 4.69) is 6.92 Å². The molecule has 1 aromatic carbocycles. The van der Waals surface area contributed by atoms with E-state index in [0.29, 0.717) is 18.8 Å². The van der Waals surface area contributed by atoms with Crippen molar-refractivity contribution < 1.29 is 17.3 Å². The average molecular weight is 300 g/mol. The fourth-order valence-corrected chi connectivity index (χ4v) is 2.74. The predicted octanol–water partition coefficient (Wildman–Crippen LogP) is 3.76. The van der Waals surface area contributed by atoms with E-state index in [1.807, 2.05) is 0 Å². The molecule has 0 heterocycles. The van der Waals surface area contributed by atoms with Gasteiger partial charge in [-0.25, -0.2) is 0 Å². The highest BCUT2D eigenvalue weighted by Gasteiger charge is 2.10. The van der Waals surface area contributed by atoms with Crippen molar-refractivity contribution >= 4 is 10.1 Å². The first-order valence-corrected chi connectivity index (χ1v) is 8.80. The molecule has 114 valence electrons. The summed E-state index contributed by atoms with van der Waals surface area (Å²) in [6, 6.07) is 6.70. The van der Waals surface area contributed by atoms with Crippen LogP contribution in [0.2, 0.25) is 0 Å². The number of unbranched alkanes of at least 4 members (excludes halogenated alkanes) is 3. The second-order valence-corrected chi connectivity index (χ2v) is 6.42. The van der Waals surface area contributed by atoms with Crippen LogP contribution in [0, 0.1) is 0 Å². The lowest BCUT2D eigenvalue weighted by Crippen LogP contribution is -2.12. The molecule has 0 saturated carbocycles. The minimum Gasteiger partial charge on any atom is -0.494 e. The van der Waals surface area contributed by atoms with Crippen LogP contribution in [0.25, 0.3) is 0 Å². The molecule has 0 spiro atoms. The van der Waals surface area contributed by atoms with Gasteiger partial charge in [-0.1, -0.05) is 33.1 Å². The molecule has 4 nitrogen and oxygen atoms in total. The molecule has 0 aliphatic heterocycles. The van der Waals surface area contributed by atoms with E-state index < -0.39 is 10.1 Å². The van der Waals surface area contributed by atoms with Crippen LogP contribution in [0.5, 0.6) is 11.5 Å². The summed E-state index contributed by atoms with van der Waals surface area (Å²) in [4.78, 5) is 0. The Hall–Kier alpha value is -1.23. The average Bonchev–Trinajstić information content (AvgIpc) is 2.40. The van der Waals surface area contributed by atoms with Crippen LogP contribution < -0.4 is 8.92 Å². The molecule has 1 rings (SSSR count). The quantitative estimate of drug-likeness (QED) is 0.487. The molecule has 0 aliphatic carbocycles. The third kappa shape index (κ3) is 6.80. The zero-order chi connectivity index (χ0) is 14.8. The molecule has 1 aromatic rings. The van der Waals surface area contributed by atoms with Crippen LogP contribution in [-0.4, -0.2) is 20.8 Å². The highest BCUT2D eigenvalue weighted by atomic mass is 32.2. The summed E-state index contributed by atoms with van der Waals surface area (Å²) >= 11 is 0. The van der Waals surface area contributed by atoms with E-state index in [9.17, 15) is 8.42 Å². The number of hydrogen-bond donors (Lipinski definition) is 0. The van der Waals surface area contributed by atoms with Crippen LogP contribution in [-0.2, 0) is 10.1 Å². The van der Waals surface area contributed by atoms with Gasteiger partial charge in [0.15, 0.2) is 0 Å². The molecule has 5 heteroatoms. The van der Waals surface area contributed by atoms with Gasteiger partial charge in [-0.3, -0.25) is 0 Å². The first-order chi connectivity index (χ1) is 9.57. The SMILES string of the molecule is CCCCCCOc1ccc(OS(=O)(=O)CCC)cc1. The fourth-order valence-electron chi connectivity index (χ4n) is 1.75. The summed E-state index contributed by atoms with van der Waals surface area (Å²) in [5.41, 5.74) is 0. The Labute approximate surface area is 122 Å².